The van der Waals surface area contributed by atoms with E-state index < -0.39 is 0 Å². The van der Waals surface area contributed by atoms with Crippen molar-refractivity contribution < 1.29 is 0 Å². The number of hydrogen-bond acceptors (Lipinski definition) is 0. The highest BCUT2D eigenvalue weighted by atomic mass is 14.8. The van der Waals surface area contributed by atoms with Crippen molar-refractivity contribution in [3.05, 3.63) is 24.0 Å². The normalized spacial score (nSPS) is 25.2. The number of allylic oxidation sites excluding steroid dienone is 2. The standard InChI is InChI=1S/C7H8N/c1-2-6(1)7-3-4-8-5-7/h3-6H,1-2H2. The quantitative estimate of drug-likeness (QED) is 0.480. The molecule has 41 valence electrons. The predicted molar refractivity (Wildman–Crippen MR) is 32.1 cm³/mol. The summed E-state index contributed by atoms with van der Waals surface area (Å²) in [4.78, 5) is 0. The van der Waals surface area contributed by atoms with Crippen molar-refractivity contribution >= 4 is 0 Å². The highest BCUT2D eigenvalue weighted by Crippen LogP contribution is 2.37. The van der Waals surface area contributed by atoms with Crippen LogP contribution >= 0.6 is 0 Å². The van der Waals surface area contributed by atoms with Crippen molar-refractivity contribution in [3.8, 4) is 0 Å². The fourth-order valence-corrected chi connectivity index (χ4v) is 0.959. The van der Waals surface area contributed by atoms with Crippen molar-refractivity contribution in [1.82, 2.24) is 5.32 Å². The SMILES string of the molecule is C1=CC(C2CC2)=C[N]1. The largest absolute Gasteiger partial charge is 0.264 e. The third-order valence-corrected chi connectivity index (χ3v) is 1.63. The Morgan fingerprint density at radius 1 is 1.50 bits per heavy atom. The molecule has 0 saturated heterocycles. The Kier molecular flexibility index (Phi) is 0.720. The molecular weight excluding hydrogens is 98.1 g/mol. The molecule has 1 aliphatic carbocycles. The molecule has 1 heterocycles. The van der Waals surface area contributed by atoms with Crippen LogP contribution < -0.4 is 5.32 Å². The van der Waals surface area contributed by atoms with E-state index in [9.17, 15) is 0 Å². The molecule has 8 heavy (non-hydrogen) atoms. The van der Waals surface area contributed by atoms with Gasteiger partial charge in [-0.2, -0.15) is 0 Å². The highest BCUT2D eigenvalue weighted by Gasteiger charge is 2.25. The summed E-state index contributed by atoms with van der Waals surface area (Å²) in [5.41, 5.74) is 1.44. The van der Waals surface area contributed by atoms with Gasteiger partial charge in [-0.3, -0.25) is 5.32 Å². The first kappa shape index (κ1) is 4.19. The predicted octanol–water partition coefficient (Wildman–Crippen LogP) is 1.41. The number of nitrogens with zero attached hydrogens (tertiary/aromatic N) is 1. The Morgan fingerprint density at radius 2 is 2.38 bits per heavy atom. The molecule has 1 aliphatic heterocycles. The third-order valence-electron chi connectivity index (χ3n) is 1.63. The van der Waals surface area contributed by atoms with E-state index >= 15 is 0 Å². The molecule has 0 atom stereocenters. The molecule has 1 nitrogen and oxygen atoms in total. The zero-order valence-corrected chi connectivity index (χ0v) is 4.67. The van der Waals surface area contributed by atoms with Crippen molar-refractivity contribution in [2.24, 2.45) is 5.92 Å². The monoisotopic (exact) mass is 106 g/mol. The second kappa shape index (κ2) is 1.38. The van der Waals surface area contributed by atoms with Crippen LogP contribution in [-0.2, 0) is 0 Å². The molecule has 1 heteroatoms. The van der Waals surface area contributed by atoms with Crippen molar-refractivity contribution in [1.29, 1.82) is 0 Å². The van der Waals surface area contributed by atoms with E-state index in [1.807, 2.05) is 12.4 Å². The Labute approximate surface area is 49.1 Å². The van der Waals surface area contributed by atoms with Gasteiger partial charge < -0.3 is 0 Å². The summed E-state index contributed by atoms with van der Waals surface area (Å²) in [6, 6.07) is 0. The van der Waals surface area contributed by atoms with Crippen LogP contribution in [0.15, 0.2) is 24.0 Å². The lowest BCUT2D eigenvalue weighted by Crippen LogP contribution is -1.77. The first-order valence-corrected chi connectivity index (χ1v) is 3.03. The van der Waals surface area contributed by atoms with Crippen LogP contribution in [0, 0.1) is 5.92 Å². The molecule has 0 spiro atoms. The minimum atomic E-state index is 0.873. The maximum Gasteiger partial charge on any atom is 0.0303 e. The summed E-state index contributed by atoms with van der Waals surface area (Å²) in [6.07, 6.45) is 8.71. The smallest absolute Gasteiger partial charge is 0.0303 e. The van der Waals surface area contributed by atoms with Gasteiger partial charge in [0.2, 0.25) is 0 Å². The van der Waals surface area contributed by atoms with Crippen LogP contribution in [0.1, 0.15) is 12.8 Å². The Hall–Kier alpha value is -0.720. The van der Waals surface area contributed by atoms with Gasteiger partial charge >= 0.3 is 0 Å². The number of hydrogen-bond donors (Lipinski definition) is 0. The lowest BCUT2D eigenvalue weighted by Gasteiger charge is -1.86. The molecule has 0 aromatic heterocycles. The topological polar surface area (TPSA) is 14.1 Å². The van der Waals surface area contributed by atoms with Gasteiger partial charge in [0.15, 0.2) is 0 Å². The fraction of sp³-hybridized carbons (Fsp3) is 0.429. The molecule has 0 aromatic carbocycles. The molecule has 0 unspecified atom stereocenters. The summed E-state index contributed by atoms with van der Waals surface area (Å²) in [7, 11) is 0. The number of rotatable bonds is 1. The molecule has 0 amide bonds. The molecule has 1 saturated carbocycles. The maximum absolute atomic E-state index is 3.98. The van der Waals surface area contributed by atoms with Crippen LogP contribution in [0.4, 0.5) is 0 Å². The molecule has 1 fully saturated rings. The van der Waals surface area contributed by atoms with Crippen LogP contribution in [0.3, 0.4) is 0 Å². The van der Waals surface area contributed by atoms with Gasteiger partial charge in [-0.15, -0.1) is 0 Å². The summed E-state index contributed by atoms with van der Waals surface area (Å²) < 4.78 is 0. The van der Waals surface area contributed by atoms with E-state index in [4.69, 9.17) is 0 Å². The van der Waals surface area contributed by atoms with Crippen LogP contribution in [0.2, 0.25) is 0 Å². The lowest BCUT2D eigenvalue weighted by atomic mass is 10.2. The molecule has 0 N–H and O–H groups in total. The van der Waals surface area contributed by atoms with E-state index in [1.165, 1.54) is 18.4 Å². The van der Waals surface area contributed by atoms with Gasteiger partial charge in [0, 0.05) is 12.4 Å². The molecule has 0 bridgehead atoms. The van der Waals surface area contributed by atoms with E-state index in [2.05, 4.69) is 11.4 Å². The van der Waals surface area contributed by atoms with Crippen molar-refractivity contribution in [2.75, 3.05) is 0 Å². The average molecular weight is 106 g/mol. The maximum atomic E-state index is 3.98. The minimum absolute atomic E-state index is 0.873. The van der Waals surface area contributed by atoms with Crippen molar-refractivity contribution in [3.63, 3.8) is 0 Å². The Bertz CT molecular complexity index is 152. The summed E-state index contributed by atoms with van der Waals surface area (Å²) in [5, 5.41) is 3.98. The molecular formula is C7H8N. The van der Waals surface area contributed by atoms with E-state index in [-0.39, 0.29) is 0 Å². The van der Waals surface area contributed by atoms with E-state index in [0.717, 1.165) is 5.92 Å². The van der Waals surface area contributed by atoms with Gasteiger partial charge in [0.25, 0.3) is 0 Å². The Morgan fingerprint density at radius 3 is 2.88 bits per heavy atom. The van der Waals surface area contributed by atoms with Gasteiger partial charge in [-0.25, -0.2) is 0 Å². The first-order chi connectivity index (χ1) is 3.97. The van der Waals surface area contributed by atoms with Gasteiger partial charge in [-0.1, -0.05) is 0 Å². The third kappa shape index (κ3) is 0.548. The minimum Gasteiger partial charge on any atom is -0.264 e. The van der Waals surface area contributed by atoms with Gasteiger partial charge in [0.1, 0.15) is 0 Å². The molecule has 2 rings (SSSR count). The highest BCUT2D eigenvalue weighted by molar-refractivity contribution is 5.29. The second-order valence-electron chi connectivity index (χ2n) is 2.37. The summed E-state index contributed by atoms with van der Waals surface area (Å²) in [6.45, 7) is 0. The average Bonchev–Trinajstić information content (AvgIpc) is 2.49. The zero-order valence-electron chi connectivity index (χ0n) is 4.67. The van der Waals surface area contributed by atoms with Crippen molar-refractivity contribution in [2.45, 2.75) is 12.8 Å². The van der Waals surface area contributed by atoms with Gasteiger partial charge in [0.05, 0.1) is 0 Å². The molecule has 0 aromatic rings. The van der Waals surface area contributed by atoms with Gasteiger partial charge in [-0.05, 0) is 30.4 Å². The fourth-order valence-electron chi connectivity index (χ4n) is 0.959. The Balaban J connectivity index is 2.13. The summed E-state index contributed by atoms with van der Waals surface area (Å²) >= 11 is 0. The summed E-state index contributed by atoms with van der Waals surface area (Å²) in [5.74, 6) is 0.873. The second-order valence-corrected chi connectivity index (χ2v) is 2.37. The first-order valence-electron chi connectivity index (χ1n) is 3.03. The lowest BCUT2D eigenvalue weighted by molar-refractivity contribution is 1.04. The zero-order chi connectivity index (χ0) is 5.40. The molecule has 1 radical (unpaired) electrons. The molecule has 2 aliphatic rings. The van der Waals surface area contributed by atoms with Crippen LogP contribution in [0.25, 0.3) is 0 Å². The van der Waals surface area contributed by atoms with E-state index in [0.29, 0.717) is 0 Å². The van der Waals surface area contributed by atoms with Crippen LogP contribution in [-0.4, -0.2) is 0 Å². The van der Waals surface area contributed by atoms with E-state index in [1.54, 1.807) is 0 Å². The van der Waals surface area contributed by atoms with Crippen LogP contribution in [0.5, 0.6) is 0 Å².